The molecule has 2 aromatic heterocycles. The second-order valence-corrected chi connectivity index (χ2v) is 5.89. The van der Waals surface area contributed by atoms with Crippen molar-refractivity contribution in [2.24, 2.45) is 0 Å². The highest BCUT2D eigenvalue weighted by Gasteiger charge is 2.33. The monoisotopic (exact) mass is 331 g/mol. The number of nitrogens with zero attached hydrogens (tertiary/aromatic N) is 4. The van der Waals surface area contributed by atoms with Gasteiger partial charge in [0.1, 0.15) is 12.1 Å². The van der Waals surface area contributed by atoms with Gasteiger partial charge in [0.2, 0.25) is 5.76 Å². The Balaban J connectivity index is 1.70. The zero-order chi connectivity index (χ0) is 17.1. The fourth-order valence-electron chi connectivity index (χ4n) is 2.93. The lowest BCUT2D eigenvalue weighted by Gasteiger charge is -2.25. The molecule has 0 spiro atoms. The van der Waals surface area contributed by atoms with Crippen LogP contribution in [-0.4, -0.2) is 53.2 Å². The number of rotatable bonds is 5. The Labute approximate surface area is 140 Å². The Morgan fingerprint density at radius 2 is 2.25 bits per heavy atom. The fourth-order valence-corrected chi connectivity index (χ4v) is 2.93. The molecule has 3 rings (SSSR count). The molecular weight excluding hydrogens is 310 g/mol. The molecule has 1 fully saturated rings. The lowest BCUT2D eigenvalue weighted by molar-refractivity contribution is 0.0918. The molecule has 0 bridgehead atoms. The molecule has 2 aromatic rings. The van der Waals surface area contributed by atoms with Crippen molar-refractivity contribution in [1.82, 2.24) is 20.3 Å². The van der Waals surface area contributed by atoms with Crippen molar-refractivity contribution < 1.29 is 13.9 Å². The minimum absolute atomic E-state index is 0.0939. The highest BCUT2D eigenvalue weighted by Crippen LogP contribution is 2.25. The Morgan fingerprint density at radius 1 is 1.42 bits per heavy atom. The number of amides is 1. The molecular formula is C16H21N5O3. The second-order valence-electron chi connectivity index (χ2n) is 5.89. The molecule has 1 aliphatic heterocycles. The zero-order valence-electron chi connectivity index (χ0n) is 14.0. The molecule has 0 saturated carbocycles. The average Bonchev–Trinajstić information content (AvgIpc) is 3.18. The first-order valence-electron chi connectivity index (χ1n) is 7.85. The summed E-state index contributed by atoms with van der Waals surface area (Å²) in [6.45, 7) is 4.88. The third-order valence-corrected chi connectivity index (χ3v) is 4.24. The van der Waals surface area contributed by atoms with Crippen LogP contribution in [0, 0.1) is 13.8 Å². The number of hydrogen-bond donors (Lipinski definition) is 1. The number of aryl methyl sites for hydroxylation is 2. The van der Waals surface area contributed by atoms with Crippen molar-refractivity contribution in [3.05, 3.63) is 35.9 Å². The van der Waals surface area contributed by atoms with E-state index in [1.54, 1.807) is 20.4 Å². The van der Waals surface area contributed by atoms with E-state index in [1.807, 2.05) is 13.0 Å². The minimum atomic E-state index is -0.260. The van der Waals surface area contributed by atoms with Crippen molar-refractivity contribution in [1.29, 1.82) is 0 Å². The number of nitrogens with one attached hydrogen (secondary N) is 1. The van der Waals surface area contributed by atoms with Gasteiger partial charge in [-0.3, -0.25) is 4.79 Å². The molecule has 0 radical (unpaired) electrons. The number of hydrogen-bond acceptors (Lipinski definition) is 7. The van der Waals surface area contributed by atoms with Crippen LogP contribution >= 0.6 is 0 Å². The van der Waals surface area contributed by atoms with Gasteiger partial charge in [0, 0.05) is 32.0 Å². The number of aromatic nitrogens is 3. The Morgan fingerprint density at radius 3 is 2.92 bits per heavy atom. The van der Waals surface area contributed by atoms with Gasteiger partial charge in [-0.15, -0.1) is 0 Å². The van der Waals surface area contributed by atoms with E-state index in [9.17, 15) is 4.79 Å². The molecule has 0 aliphatic carbocycles. The van der Waals surface area contributed by atoms with E-state index in [-0.39, 0.29) is 23.8 Å². The van der Waals surface area contributed by atoms with Crippen LogP contribution in [-0.2, 0) is 4.74 Å². The van der Waals surface area contributed by atoms with Crippen LogP contribution in [0.3, 0.4) is 0 Å². The van der Waals surface area contributed by atoms with Gasteiger partial charge in [-0.05, 0) is 20.3 Å². The van der Waals surface area contributed by atoms with Gasteiger partial charge in [-0.1, -0.05) is 0 Å². The van der Waals surface area contributed by atoms with E-state index >= 15 is 0 Å². The van der Waals surface area contributed by atoms with Gasteiger partial charge in [-0.2, -0.15) is 0 Å². The summed E-state index contributed by atoms with van der Waals surface area (Å²) >= 11 is 0. The molecule has 1 aliphatic rings. The van der Waals surface area contributed by atoms with Crippen molar-refractivity contribution in [2.75, 3.05) is 25.1 Å². The van der Waals surface area contributed by atoms with E-state index in [2.05, 4.69) is 25.2 Å². The summed E-state index contributed by atoms with van der Waals surface area (Å²) in [4.78, 5) is 26.8. The fraction of sp³-hybridized carbons (Fsp3) is 0.500. The molecule has 3 heterocycles. The molecule has 1 saturated heterocycles. The van der Waals surface area contributed by atoms with E-state index in [1.165, 1.54) is 6.39 Å². The molecule has 8 heteroatoms. The standard InChI is InChI=1S/C16H21N5O3/c1-10-4-14(19-8-18-10)21-7-13(23-3)5-12(21)6-17-16(22)15-11(2)20-9-24-15/h4,8-9,12-13H,5-7H2,1-3H3,(H,17,22)/t12-,13-/m0/s1. The first-order chi connectivity index (χ1) is 11.6. The molecule has 0 aromatic carbocycles. The lowest BCUT2D eigenvalue weighted by atomic mass is 10.2. The quantitative estimate of drug-likeness (QED) is 0.877. The van der Waals surface area contributed by atoms with E-state index < -0.39 is 0 Å². The van der Waals surface area contributed by atoms with Crippen LogP contribution in [0.2, 0.25) is 0 Å². The van der Waals surface area contributed by atoms with E-state index in [0.29, 0.717) is 12.2 Å². The third-order valence-electron chi connectivity index (χ3n) is 4.24. The predicted octanol–water partition coefficient (Wildman–Crippen LogP) is 1.11. The minimum Gasteiger partial charge on any atom is -0.438 e. The molecule has 128 valence electrons. The van der Waals surface area contributed by atoms with Gasteiger partial charge in [0.15, 0.2) is 6.39 Å². The Kier molecular flexibility index (Phi) is 4.75. The van der Waals surface area contributed by atoms with Gasteiger partial charge >= 0.3 is 0 Å². The number of carbonyl (C=O) groups excluding carboxylic acids is 1. The van der Waals surface area contributed by atoms with Crippen molar-refractivity contribution in [2.45, 2.75) is 32.4 Å². The normalized spacial score (nSPS) is 20.4. The number of anilines is 1. The zero-order valence-corrected chi connectivity index (χ0v) is 14.0. The number of ether oxygens (including phenoxy) is 1. The first-order valence-corrected chi connectivity index (χ1v) is 7.85. The Hall–Kier alpha value is -2.48. The van der Waals surface area contributed by atoms with E-state index in [4.69, 9.17) is 9.15 Å². The summed E-state index contributed by atoms with van der Waals surface area (Å²) in [6.07, 6.45) is 3.75. The maximum absolute atomic E-state index is 12.2. The van der Waals surface area contributed by atoms with Crippen LogP contribution in [0.4, 0.5) is 5.82 Å². The Bertz CT molecular complexity index is 717. The predicted molar refractivity (Wildman–Crippen MR) is 86.9 cm³/mol. The largest absolute Gasteiger partial charge is 0.438 e. The summed E-state index contributed by atoms with van der Waals surface area (Å²) in [5, 5.41) is 2.91. The molecule has 1 amide bonds. The first kappa shape index (κ1) is 16.4. The van der Waals surface area contributed by atoms with Crippen LogP contribution in [0.25, 0.3) is 0 Å². The maximum atomic E-state index is 12.2. The van der Waals surface area contributed by atoms with Crippen molar-refractivity contribution in [3.63, 3.8) is 0 Å². The van der Waals surface area contributed by atoms with Crippen LogP contribution in [0.1, 0.15) is 28.4 Å². The highest BCUT2D eigenvalue weighted by molar-refractivity contribution is 5.92. The van der Waals surface area contributed by atoms with E-state index in [0.717, 1.165) is 24.5 Å². The van der Waals surface area contributed by atoms with Gasteiger partial charge in [0.05, 0.1) is 17.8 Å². The van der Waals surface area contributed by atoms with Crippen LogP contribution in [0.15, 0.2) is 23.2 Å². The molecule has 24 heavy (non-hydrogen) atoms. The summed E-state index contributed by atoms with van der Waals surface area (Å²) in [7, 11) is 1.70. The summed E-state index contributed by atoms with van der Waals surface area (Å²) in [5.41, 5.74) is 1.48. The SMILES string of the molecule is CO[C@H]1C[C@@H](CNC(=O)c2ocnc2C)N(c2cc(C)ncn2)C1. The van der Waals surface area contributed by atoms with Crippen molar-refractivity contribution >= 4 is 11.7 Å². The van der Waals surface area contributed by atoms with Gasteiger partial charge in [0.25, 0.3) is 5.91 Å². The lowest BCUT2D eigenvalue weighted by Crippen LogP contribution is -2.40. The van der Waals surface area contributed by atoms with Crippen LogP contribution < -0.4 is 10.2 Å². The summed E-state index contributed by atoms with van der Waals surface area (Å²) in [6, 6.07) is 2.03. The average molecular weight is 331 g/mol. The molecule has 2 atom stereocenters. The topological polar surface area (TPSA) is 93.4 Å². The number of oxazole rings is 1. The van der Waals surface area contributed by atoms with Crippen molar-refractivity contribution in [3.8, 4) is 0 Å². The molecule has 8 nitrogen and oxygen atoms in total. The van der Waals surface area contributed by atoms with Gasteiger partial charge < -0.3 is 19.4 Å². The summed E-state index contributed by atoms with van der Waals surface area (Å²) < 4.78 is 10.6. The summed E-state index contributed by atoms with van der Waals surface area (Å²) in [5.74, 6) is 0.836. The highest BCUT2D eigenvalue weighted by atomic mass is 16.5. The number of carbonyl (C=O) groups is 1. The molecule has 0 unspecified atom stereocenters. The van der Waals surface area contributed by atoms with Gasteiger partial charge in [-0.25, -0.2) is 15.0 Å². The second kappa shape index (κ2) is 6.96. The number of methoxy groups -OCH3 is 1. The smallest absolute Gasteiger partial charge is 0.289 e. The molecule has 1 N–H and O–H groups in total. The van der Waals surface area contributed by atoms with Crippen LogP contribution in [0.5, 0.6) is 0 Å². The third kappa shape index (κ3) is 3.38. The maximum Gasteiger partial charge on any atom is 0.289 e.